The van der Waals surface area contributed by atoms with Gasteiger partial charge in [-0.25, -0.2) is 0 Å². The van der Waals surface area contributed by atoms with Gasteiger partial charge in [0.25, 0.3) is 0 Å². The quantitative estimate of drug-likeness (QED) is 0.477. The Kier molecular flexibility index (Phi) is 4.32. The van der Waals surface area contributed by atoms with Crippen molar-refractivity contribution in [3.05, 3.63) is 42.2 Å². The van der Waals surface area contributed by atoms with E-state index in [2.05, 4.69) is 15.3 Å². The van der Waals surface area contributed by atoms with Gasteiger partial charge in [-0.05, 0) is 24.3 Å². The van der Waals surface area contributed by atoms with Crippen LogP contribution in [-0.4, -0.2) is 40.8 Å². The van der Waals surface area contributed by atoms with E-state index < -0.39 is 0 Å². The summed E-state index contributed by atoms with van der Waals surface area (Å²) >= 11 is 1.41. The van der Waals surface area contributed by atoms with Gasteiger partial charge in [-0.3, -0.25) is 0 Å². The molecule has 0 unspecified atom stereocenters. The molecule has 0 saturated carbocycles. The molecule has 2 aromatic carbocycles. The molecule has 0 spiro atoms. The fourth-order valence-electron chi connectivity index (χ4n) is 3.03. The van der Waals surface area contributed by atoms with Crippen LogP contribution in [0.5, 0.6) is 28.7 Å². The summed E-state index contributed by atoms with van der Waals surface area (Å²) in [7, 11) is 3.21. The van der Waals surface area contributed by atoms with Gasteiger partial charge < -0.3 is 23.7 Å². The molecule has 0 aliphatic carbocycles. The van der Waals surface area contributed by atoms with Gasteiger partial charge in [0, 0.05) is 6.07 Å². The monoisotopic (exact) mass is 412 g/mol. The number of para-hydroxylation sites is 1. The van der Waals surface area contributed by atoms with Crippen molar-refractivity contribution in [1.82, 2.24) is 19.8 Å². The lowest BCUT2D eigenvalue weighted by Crippen LogP contribution is -2.02. The minimum Gasteiger partial charge on any atom is -0.493 e. The molecule has 10 heteroatoms. The van der Waals surface area contributed by atoms with Crippen LogP contribution >= 0.6 is 11.3 Å². The first-order valence-electron chi connectivity index (χ1n) is 8.72. The van der Waals surface area contributed by atoms with Crippen LogP contribution in [0.4, 0.5) is 0 Å². The molecule has 1 aliphatic rings. The van der Waals surface area contributed by atoms with Crippen molar-refractivity contribution in [3.8, 4) is 39.3 Å². The van der Waals surface area contributed by atoms with Gasteiger partial charge in [0.15, 0.2) is 33.8 Å². The molecule has 5 rings (SSSR count). The zero-order chi connectivity index (χ0) is 19.8. The number of methoxy groups -OCH3 is 2. The summed E-state index contributed by atoms with van der Waals surface area (Å²) in [6.07, 6.45) is 0. The van der Waals surface area contributed by atoms with Crippen molar-refractivity contribution in [2.75, 3.05) is 21.0 Å². The smallest absolute Gasteiger partial charge is 0.235 e. The van der Waals surface area contributed by atoms with Crippen molar-refractivity contribution < 1.29 is 23.7 Å². The number of aromatic nitrogens is 4. The van der Waals surface area contributed by atoms with E-state index in [9.17, 15) is 0 Å². The molecule has 148 valence electrons. The highest BCUT2D eigenvalue weighted by Gasteiger charge is 2.19. The highest BCUT2D eigenvalue weighted by atomic mass is 32.1. The topological polar surface area (TPSA) is 89.2 Å². The summed E-state index contributed by atoms with van der Waals surface area (Å²) < 4.78 is 29.1. The number of hydrogen-bond acceptors (Lipinski definition) is 9. The standard InChI is InChI=1S/C19H16N4O5S/c1-24-14-5-3-4-12(17(14)25-2)18-22-23-16(20-21-19(23)29-18)9-26-11-6-7-13-15(8-11)28-10-27-13/h3-8H,9-10H2,1-2H3. The van der Waals surface area contributed by atoms with Crippen molar-refractivity contribution in [2.45, 2.75) is 6.61 Å². The molecule has 0 saturated heterocycles. The number of nitrogens with zero attached hydrogens (tertiary/aromatic N) is 4. The Labute approximate surface area is 169 Å². The highest BCUT2D eigenvalue weighted by molar-refractivity contribution is 7.19. The SMILES string of the molecule is COc1cccc(-c2nn3c(COc4ccc5c(c4)OCO5)nnc3s2)c1OC. The van der Waals surface area contributed by atoms with E-state index in [0.29, 0.717) is 39.5 Å². The normalized spacial score (nSPS) is 12.3. The van der Waals surface area contributed by atoms with Gasteiger partial charge in [-0.2, -0.15) is 9.61 Å². The maximum absolute atomic E-state index is 5.84. The van der Waals surface area contributed by atoms with E-state index >= 15 is 0 Å². The largest absolute Gasteiger partial charge is 0.493 e. The van der Waals surface area contributed by atoms with E-state index in [-0.39, 0.29) is 13.4 Å². The first-order chi connectivity index (χ1) is 14.3. The van der Waals surface area contributed by atoms with Crippen molar-refractivity contribution >= 4 is 16.3 Å². The van der Waals surface area contributed by atoms with Crippen LogP contribution in [0.3, 0.4) is 0 Å². The Bertz CT molecular complexity index is 1190. The fraction of sp³-hybridized carbons (Fsp3) is 0.211. The van der Waals surface area contributed by atoms with Gasteiger partial charge in [-0.1, -0.05) is 17.4 Å². The Balaban J connectivity index is 1.42. The van der Waals surface area contributed by atoms with Gasteiger partial charge in [0.05, 0.1) is 19.8 Å². The lowest BCUT2D eigenvalue weighted by Gasteiger charge is -2.10. The number of rotatable bonds is 6. The van der Waals surface area contributed by atoms with E-state index in [4.69, 9.17) is 23.7 Å². The molecule has 1 aliphatic heterocycles. The van der Waals surface area contributed by atoms with Crippen LogP contribution in [-0.2, 0) is 6.61 Å². The number of benzene rings is 2. The van der Waals surface area contributed by atoms with Crippen molar-refractivity contribution in [2.24, 2.45) is 0 Å². The van der Waals surface area contributed by atoms with E-state index in [1.807, 2.05) is 30.3 Å². The number of hydrogen-bond donors (Lipinski definition) is 0. The Morgan fingerprint density at radius 3 is 2.83 bits per heavy atom. The van der Waals surface area contributed by atoms with Gasteiger partial charge in [0.2, 0.25) is 11.8 Å². The third kappa shape index (κ3) is 3.07. The molecule has 29 heavy (non-hydrogen) atoms. The maximum Gasteiger partial charge on any atom is 0.235 e. The number of ether oxygens (including phenoxy) is 5. The molecule has 3 heterocycles. The third-order valence-corrected chi connectivity index (χ3v) is 5.33. The minimum absolute atomic E-state index is 0.208. The molecule has 0 atom stereocenters. The average Bonchev–Trinajstić information content (AvgIpc) is 3.47. The molecule has 0 amide bonds. The third-order valence-electron chi connectivity index (χ3n) is 4.40. The summed E-state index contributed by atoms with van der Waals surface area (Å²) in [6, 6.07) is 11.1. The van der Waals surface area contributed by atoms with Gasteiger partial charge >= 0.3 is 0 Å². The predicted molar refractivity (Wildman–Crippen MR) is 104 cm³/mol. The van der Waals surface area contributed by atoms with Crippen LogP contribution < -0.4 is 23.7 Å². The minimum atomic E-state index is 0.208. The first kappa shape index (κ1) is 17.6. The van der Waals surface area contributed by atoms with E-state index in [1.165, 1.54) is 11.3 Å². The second-order valence-electron chi connectivity index (χ2n) is 6.06. The zero-order valence-electron chi connectivity index (χ0n) is 15.6. The maximum atomic E-state index is 5.84. The van der Waals surface area contributed by atoms with Crippen LogP contribution in [0.2, 0.25) is 0 Å². The van der Waals surface area contributed by atoms with Crippen LogP contribution in [0, 0.1) is 0 Å². The van der Waals surface area contributed by atoms with E-state index in [0.717, 1.165) is 10.6 Å². The zero-order valence-corrected chi connectivity index (χ0v) is 16.4. The summed E-state index contributed by atoms with van der Waals surface area (Å²) in [5, 5.41) is 13.8. The van der Waals surface area contributed by atoms with E-state index in [1.54, 1.807) is 24.8 Å². The summed E-state index contributed by atoms with van der Waals surface area (Å²) in [5.74, 6) is 3.87. The Hall–Kier alpha value is -3.53. The molecule has 4 aromatic rings. The second kappa shape index (κ2) is 7.13. The molecule has 9 nitrogen and oxygen atoms in total. The fourth-order valence-corrected chi connectivity index (χ4v) is 3.91. The van der Waals surface area contributed by atoms with Crippen LogP contribution in [0.1, 0.15) is 5.82 Å². The molecular weight excluding hydrogens is 396 g/mol. The molecule has 0 bridgehead atoms. The lowest BCUT2D eigenvalue weighted by atomic mass is 10.2. The van der Waals surface area contributed by atoms with Gasteiger partial charge in [0.1, 0.15) is 12.4 Å². The Morgan fingerprint density at radius 2 is 1.97 bits per heavy atom. The first-order valence-corrected chi connectivity index (χ1v) is 9.53. The lowest BCUT2D eigenvalue weighted by molar-refractivity contribution is 0.173. The summed E-state index contributed by atoms with van der Waals surface area (Å²) in [4.78, 5) is 0.661. The number of fused-ring (bicyclic) bond motifs is 2. The van der Waals surface area contributed by atoms with Gasteiger partial charge in [-0.15, -0.1) is 10.2 Å². The second-order valence-corrected chi connectivity index (χ2v) is 7.02. The van der Waals surface area contributed by atoms with Crippen molar-refractivity contribution in [3.63, 3.8) is 0 Å². The highest BCUT2D eigenvalue weighted by Crippen LogP contribution is 2.39. The van der Waals surface area contributed by atoms with Crippen LogP contribution in [0.25, 0.3) is 15.5 Å². The van der Waals surface area contributed by atoms with Crippen molar-refractivity contribution in [1.29, 1.82) is 0 Å². The Morgan fingerprint density at radius 1 is 1.07 bits per heavy atom. The summed E-state index contributed by atoms with van der Waals surface area (Å²) in [6.45, 7) is 0.429. The molecule has 2 aromatic heterocycles. The molecule has 0 radical (unpaired) electrons. The average molecular weight is 412 g/mol. The molecule has 0 fully saturated rings. The molecular formula is C19H16N4O5S. The predicted octanol–water partition coefficient (Wildman–Crippen LogP) is 3.18. The van der Waals surface area contributed by atoms with Crippen LogP contribution in [0.15, 0.2) is 36.4 Å². The molecule has 0 N–H and O–H groups in total. The summed E-state index contributed by atoms with van der Waals surface area (Å²) in [5.41, 5.74) is 0.824.